The van der Waals surface area contributed by atoms with Gasteiger partial charge in [0, 0.05) is 5.75 Å². The minimum Gasteiger partial charge on any atom is -0.767 e. The van der Waals surface area contributed by atoms with E-state index >= 15 is 0 Å². The van der Waals surface area contributed by atoms with Gasteiger partial charge in [-0.1, -0.05) is 4.91 Å². The summed E-state index contributed by atoms with van der Waals surface area (Å²) in [6.07, 6.45) is -71.5. The predicted molar refractivity (Wildman–Crippen MR) is 259 cm³/mol. The second-order valence-electron chi connectivity index (χ2n) is 20.7. The third-order valence-corrected chi connectivity index (χ3v) is 16.9. The maximum Gasteiger partial charge on any atom is 1.00 e. The molecule has 480 valence electrons. The van der Waals surface area contributed by atoms with Crippen LogP contribution in [0.4, 0.5) is 0 Å². The third-order valence-electron chi connectivity index (χ3n) is 15.4. The molecule has 0 amide bonds. The Labute approximate surface area is 512 Å². The van der Waals surface area contributed by atoms with Crippen LogP contribution < -0.4 is 29.6 Å². The molecule has 0 aromatic heterocycles. The molecule has 0 aliphatic carbocycles. The Bertz CT molecular complexity index is 2240. The van der Waals surface area contributed by atoms with Crippen LogP contribution in [0.2, 0.25) is 0 Å². The standard InChI is InChI=1S/C46H70N2O34S2.Na/c47-1-17(83)18(2-48)84-9-16-39-25(61)32(68)46(75-16)81-38-15(8-54)73-44(30(66)23(38)59)79-36-13(6-52)71-42(28(64)21(36)57)77-34-11(4-50)69-40(26(62)19(34)55)76-33-10(3-49)70-41(27(63)20(33)56)78-35-12(5-51)72-43(29(65)22(35)58)80-37-14(7-53)74-45(82-39)31(67)24(37)60;/h10-16,19-46,49-68,83H,3-9H2;/q;+1/p-1/b18-17+;/t10-,11+,12-,13+,14-,15+,16-,19-,20-,21-,22-,23-,24-,25-,26+,27+,28-,29+,30-,31+,32-,33+,34+,35+,36+,37+,38+,39-,40-,41-,42+,43-,44+,45-,46-;/m1./s1. The maximum atomic E-state index is 11.7. The first-order valence-corrected chi connectivity index (χ1v) is 27.6. The number of thioether (sulfide) groups is 1. The zero-order chi connectivity index (χ0) is 61.3. The van der Waals surface area contributed by atoms with E-state index in [-0.39, 0.29) is 34.5 Å². The van der Waals surface area contributed by atoms with Gasteiger partial charge in [-0.05, 0) is 0 Å². The monoisotopic (exact) mass is 1280 g/mol. The van der Waals surface area contributed by atoms with Crippen molar-refractivity contribution in [2.45, 2.75) is 215 Å². The Kier molecular flexibility index (Phi) is 26.1. The van der Waals surface area contributed by atoms with E-state index in [1.165, 1.54) is 0 Å². The van der Waals surface area contributed by atoms with Crippen molar-refractivity contribution in [3.63, 3.8) is 0 Å². The molecule has 0 aromatic rings. The Balaban J connectivity index is 0.0000104. The average Bonchev–Trinajstić information content (AvgIpc) is 2.07. The summed E-state index contributed by atoms with van der Waals surface area (Å²) in [4.78, 5) is -0.851. The summed E-state index contributed by atoms with van der Waals surface area (Å²) in [5.74, 6) is -0.528. The van der Waals surface area contributed by atoms with Crippen LogP contribution >= 0.6 is 11.8 Å². The van der Waals surface area contributed by atoms with Crippen LogP contribution in [0, 0.1) is 22.7 Å². The summed E-state index contributed by atoms with van der Waals surface area (Å²) in [6.45, 7) is -6.44. The minimum absolute atomic E-state index is 0. The van der Waals surface area contributed by atoms with Crippen LogP contribution in [0.25, 0.3) is 0 Å². The van der Waals surface area contributed by atoms with Crippen molar-refractivity contribution in [3.05, 3.63) is 9.81 Å². The van der Waals surface area contributed by atoms with E-state index in [0.29, 0.717) is 11.8 Å². The Morgan fingerprint density at radius 1 is 0.294 bits per heavy atom. The number of hydrogen-bond donors (Lipinski definition) is 20. The molecule has 0 saturated carbocycles. The summed E-state index contributed by atoms with van der Waals surface area (Å²) < 4.78 is 80.6. The number of hydrogen-bond acceptors (Lipinski definition) is 38. The Morgan fingerprint density at radius 2 is 0.471 bits per heavy atom. The van der Waals surface area contributed by atoms with Crippen molar-refractivity contribution in [2.75, 3.05) is 45.4 Å². The van der Waals surface area contributed by atoms with E-state index in [9.17, 15) is 113 Å². The Morgan fingerprint density at radius 3 is 0.635 bits per heavy atom. The molecule has 0 radical (unpaired) electrons. The molecule has 20 N–H and O–H groups in total. The summed E-state index contributed by atoms with van der Waals surface area (Å²) in [5.41, 5.74) is 0. The van der Waals surface area contributed by atoms with Crippen LogP contribution in [0.3, 0.4) is 0 Å². The fourth-order valence-electron chi connectivity index (χ4n) is 10.8. The van der Waals surface area contributed by atoms with Crippen molar-refractivity contribution < 1.29 is 198 Å². The van der Waals surface area contributed by atoms with Crippen molar-refractivity contribution in [2.24, 2.45) is 0 Å². The SMILES string of the molecule is N#C/C([S-])=C(/C#N)SC[C@H]1O[C@@H]2O[C@@H]3[C@H](O)[C@@H](O)[C@H](O[C@@H]4[C@H](O)[C@@H](O)[C@H](O[C@@H]5[C@H](O)[C@H](O)[C@@H](O[C@@H]6[C@H](O)[C@H](O)[C@@H](O[C@@H]7[C@H](O)[C@H](O)[C@@H](O[C@@H]8[C@H](O)[C@H](O)[C@@H](O[C@H]1[C@H](O)[C@H]2O)O[C@@H]8CO)O[C@@H]7CO)O[C@@H]6CO)O[C@H]5CO)O[C@H]4CO)O[C@H]3CO.[Na+]. The quantitative estimate of drug-likeness (QED) is 0.0579. The van der Waals surface area contributed by atoms with Crippen molar-refractivity contribution in [1.29, 1.82) is 10.5 Å². The molecular formula is C46H69N2NaO34S2. The zero-order valence-corrected chi connectivity index (χ0v) is 48.2. The van der Waals surface area contributed by atoms with Gasteiger partial charge in [0.15, 0.2) is 44.0 Å². The molecule has 35 atom stereocenters. The molecule has 21 heterocycles. The van der Waals surface area contributed by atoms with Gasteiger partial charge >= 0.3 is 29.6 Å². The van der Waals surface area contributed by atoms with Gasteiger partial charge in [0.2, 0.25) is 0 Å². The van der Waals surface area contributed by atoms with Gasteiger partial charge in [0.1, 0.15) is 171 Å². The van der Waals surface area contributed by atoms with Crippen LogP contribution in [0.15, 0.2) is 9.81 Å². The predicted octanol–water partition coefficient (Wildman–Crippen LogP) is -16.7. The van der Waals surface area contributed by atoms with E-state index in [1.807, 2.05) is 0 Å². The van der Waals surface area contributed by atoms with Gasteiger partial charge < -0.3 is 181 Å². The summed E-state index contributed by atoms with van der Waals surface area (Å²) in [6, 6.07) is 3.33. The number of nitriles is 2. The van der Waals surface area contributed by atoms with Crippen LogP contribution in [0.5, 0.6) is 0 Å². The molecule has 21 aliphatic rings. The average molecular weight is 1280 g/mol. The van der Waals surface area contributed by atoms with E-state index in [1.54, 1.807) is 12.1 Å². The summed E-state index contributed by atoms with van der Waals surface area (Å²) in [7, 11) is 0. The summed E-state index contributed by atoms with van der Waals surface area (Å²) >= 11 is 5.53. The Hall–Kier alpha value is -1.07. The number of allylic oxidation sites excluding steroid dienone is 2. The number of aliphatic hydroxyl groups excluding tert-OH is 20. The fraction of sp³-hybridized carbons (Fsp3) is 0.913. The van der Waals surface area contributed by atoms with Gasteiger partial charge in [0.05, 0.1) is 56.7 Å². The van der Waals surface area contributed by atoms with Crippen LogP contribution in [-0.2, 0) is 78.9 Å². The topological polar surface area (TPSA) is 581 Å². The van der Waals surface area contributed by atoms with Gasteiger partial charge in [-0.25, -0.2) is 0 Å². The second-order valence-corrected chi connectivity index (χ2v) is 22.1. The van der Waals surface area contributed by atoms with Crippen LogP contribution in [-0.4, -0.2) is 362 Å². The molecule has 36 nitrogen and oxygen atoms in total. The molecular weight excluding hydrogens is 1210 g/mol. The molecule has 0 aromatic carbocycles. The summed E-state index contributed by atoms with van der Waals surface area (Å²) in [5, 5.41) is 242. The molecule has 21 rings (SSSR count). The molecule has 21 saturated heterocycles. The van der Waals surface area contributed by atoms with Crippen LogP contribution in [0.1, 0.15) is 0 Å². The van der Waals surface area contributed by atoms with Gasteiger partial charge in [-0.2, -0.15) is 10.5 Å². The number of rotatable bonds is 9. The minimum atomic E-state index is -2.27. The van der Waals surface area contributed by atoms with E-state index < -0.39 is 265 Å². The molecule has 85 heavy (non-hydrogen) atoms. The number of nitrogens with zero attached hydrogens (tertiary/aromatic N) is 2. The smallest absolute Gasteiger partial charge is 0.767 e. The van der Waals surface area contributed by atoms with Crippen molar-refractivity contribution >= 4 is 24.4 Å². The molecule has 39 heteroatoms. The number of aliphatic hydroxyl groups is 20. The van der Waals surface area contributed by atoms with E-state index in [2.05, 4.69) is 0 Å². The number of ether oxygens (including phenoxy) is 14. The molecule has 21 fully saturated rings. The first kappa shape index (κ1) is 71.4. The van der Waals surface area contributed by atoms with Gasteiger partial charge in [-0.3, -0.25) is 0 Å². The van der Waals surface area contributed by atoms with Gasteiger partial charge in [-0.15, -0.1) is 11.8 Å². The van der Waals surface area contributed by atoms with E-state index in [4.69, 9.17) is 78.9 Å². The molecule has 0 spiro atoms. The first-order valence-electron chi connectivity index (χ1n) is 26.2. The van der Waals surface area contributed by atoms with Gasteiger partial charge in [0.25, 0.3) is 0 Å². The molecule has 0 unspecified atom stereocenters. The third kappa shape index (κ3) is 14.7. The zero-order valence-electron chi connectivity index (χ0n) is 44.5. The maximum absolute atomic E-state index is 11.7. The normalized spacial score (nSPS) is 51.2. The molecule has 14 bridgehead atoms. The molecule has 21 aliphatic heterocycles. The van der Waals surface area contributed by atoms with E-state index in [0.717, 1.165) is 0 Å². The first-order chi connectivity index (χ1) is 40.0. The van der Waals surface area contributed by atoms with Crippen molar-refractivity contribution in [1.82, 2.24) is 0 Å². The fourth-order valence-corrected chi connectivity index (χ4v) is 11.8. The second kappa shape index (κ2) is 31.0. The largest absolute Gasteiger partial charge is 1.00 e. The van der Waals surface area contributed by atoms with Crippen molar-refractivity contribution in [3.8, 4) is 12.1 Å².